The van der Waals surface area contributed by atoms with Crippen molar-refractivity contribution in [3.8, 4) is 0 Å². The first-order chi connectivity index (χ1) is 10.5. The molecule has 23 heavy (non-hydrogen) atoms. The molecule has 0 bridgehead atoms. The van der Waals surface area contributed by atoms with Gasteiger partial charge in [-0.2, -0.15) is 0 Å². The number of rotatable bonds is 7. The summed E-state index contributed by atoms with van der Waals surface area (Å²) in [6.45, 7) is 5.96. The van der Waals surface area contributed by atoms with Gasteiger partial charge in [-0.25, -0.2) is 0 Å². The molecule has 0 saturated heterocycles. The van der Waals surface area contributed by atoms with Crippen molar-refractivity contribution in [2.45, 2.75) is 62.2 Å². The highest BCUT2D eigenvalue weighted by molar-refractivity contribution is 6.67. The van der Waals surface area contributed by atoms with Crippen LogP contribution in [-0.4, -0.2) is 33.2 Å². The number of hydrogen-bond acceptors (Lipinski definition) is 3. The number of nitrogens with zero attached hydrogens (tertiary/aromatic N) is 1. The second-order valence-electron chi connectivity index (χ2n) is 6.46. The maximum atomic E-state index is 12.6. The van der Waals surface area contributed by atoms with Gasteiger partial charge in [0.05, 0.1) is 7.11 Å². The lowest BCUT2D eigenvalue weighted by atomic mass is 9.93. The van der Waals surface area contributed by atoms with Gasteiger partial charge in [0.1, 0.15) is 11.3 Å². The second kappa shape index (κ2) is 8.09. The Morgan fingerprint density at radius 3 is 2.48 bits per heavy atom. The van der Waals surface area contributed by atoms with Crippen LogP contribution in [0.3, 0.4) is 0 Å². The average Bonchev–Trinajstić information content (AvgIpc) is 2.66. The van der Waals surface area contributed by atoms with E-state index in [4.69, 9.17) is 39.5 Å². The maximum Gasteiger partial charge on any atom is 0.257 e. The molecule has 1 rings (SSSR count). The molecule has 0 aromatic carbocycles. The van der Waals surface area contributed by atoms with Gasteiger partial charge in [-0.15, -0.1) is 0 Å². The lowest BCUT2D eigenvalue weighted by Crippen LogP contribution is -2.50. The molecule has 0 aromatic rings. The van der Waals surface area contributed by atoms with Crippen LogP contribution in [0.2, 0.25) is 0 Å². The molecule has 0 radical (unpaired) electrons. The van der Waals surface area contributed by atoms with Crippen LogP contribution in [0.5, 0.6) is 0 Å². The number of halogens is 3. The van der Waals surface area contributed by atoms with Gasteiger partial charge in [0, 0.05) is 12.5 Å². The Bertz CT molecular complexity index is 485. The SMILES string of the molecule is COC1=CC(=O)N(C(=O)CCCC(C)C)[C@]1(C)CCC(Cl)(Cl)Cl. The average molecular weight is 385 g/mol. The predicted molar refractivity (Wildman–Crippen MR) is 93.6 cm³/mol. The topological polar surface area (TPSA) is 46.6 Å². The summed E-state index contributed by atoms with van der Waals surface area (Å²) < 4.78 is 3.86. The van der Waals surface area contributed by atoms with E-state index in [-0.39, 0.29) is 18.2 Å². The summed E-state index contributed by atoms with van der Waals surface area (Å²) in [5.41, 5.74) is -0.912. The van der Waals surface area contributed by atoms with Gasteiger partial charge in [-0.3, -0.25) is 14.5 Å². The van der Waals surface area contributed by atoms with Gasteiger partial charge in [-0.1, -0.05) is 55.1 Å². The van der Waals surface area contributed by atoms with Crippen molar-refractivity contribution < 1.29 is 14.3 Å². The molecule has 1 atom stereocenters. The Labute approximate surface area is 153 Å². The van der Waals surface area contributed by atoms with Crippen LogP contribution in [0, 0.1) is 5.92 Å². The van der Waals surface area contributed by atoms with Crippen LogP contribution in [0.4, 0.5) is 0 Å². The minimum Gasteiger partial charge on any atom is -0.498 e. The molecule has 0 saturated carbocycles. The molecule has 7 heteroatoms. The minimum absolute atomic E-state index is 0.206. The number of carbonyl (C=O) groups excluding carboxylic acids is 2. The highest BCUT2D eigenvalue weighted by atomic mass is 35.6. The number of methoxy groups -OCH3 is 1. The van der Waals surface area contributed by atoms with Crippen molar-refractivity contribution in [2.24, 2.45) is 5.92 Å². The van der Waals surface area contributed by atoms with E-state index >= 15 is 0 Å². The molecule has 132 valence electrons. The number of carbonyl (C=O) groups is 2. The van der Waals surface area contributed by atoms with Crippen molar-refractivity contribution in [3.05, 3.63) is 11.8 Å². The Morgan fingerprint density at radius 1 is 1.39 bits per heavy atom. The first-order valence-electron chi connectivity index (χ1n) is 7.71. The van der Waals surface area contributed by atoms with Crippen LogP contribution < -0.4 is 0 Å². The summed E-state index contributed by atoms with van der Waals surface area (Å²) >= 11 is 17.5. The maximum absolute atomic E-state index is 12.6. The Kier molecular flexibility index (Phi) is 7.24. The fourth-order valence-electron chi connectivity index (χ4n) is 2.76. The molecule has 0 spiro atoms. The smallest absolute Gasteiger partial charge is 0.257 e. The van der Waals surface area contributed by atoms with E-state index in [1.807, 2.05) is 0 Å². The summed E-state index contributed by atoms with van der Waals surface area (Å²) in [4.78, 5) is 26.1. The largest absolute Gasteiger partial charge is 0.498 e. The number of ether oxygens (including phenoxy) is 1. The number of imide groups is 1. The van der Waals surface area contributed by atoms with Gasteiger partial charge in [-0.05, 0) is 32.1 Å². The van der Waals surface area contributed by atoms with Gasteiger partial charge < -0.3 is 4.74 Å². The minimum atomic E-state index is -1.44. The van der Waals surface area contributed by atoms with E-state index in [9.17, 15) is 9.59 Å². The Hall–Kier alpha value is -0.450. The van der Waals surface area contributed by atoms with Crippen molar-refractivity contribution in [3.63, 3.8) is 0 Å². The van der Waals surface area contributed by atoms with Gasteiger partial charge in [0.2, 0.25) is 5.91 Å². The molecule has 1 aliphatic rings. The van der Waals surface area contributed by atoms with E-state index in [1.54, 1.807) is 6.92 Å². The molecule has 2 amide bonds. The van der Waals surface area contributed by atoms with E-state index in [0.717, 1.165) is 12.8 Å². The van der Waals surface area contributed by atoms with Crippen molar-refractivity contribution in [1.29, 1.82) is 0 Å². The third kappa shape index (κ3) is 5.54. The first-order valence-corrected chi connectivity index (χ1v) is 8.84. The van der Waals surface area contributed by atoms with Gasteiger partial charge in [0.25, 0.3) is 5.91 Å². The molecule has 0 aromatic heterocycles. The molecule has 1 heterocycles. The normalized spacial score (nSPS) is 21.8. The number of amides is 2. The molecule has 0 fully saturated rings. The summed E-state index contributed by atoms with van der Waals surface area (Å²) in [6, 6.07) is 0. The highest BCUT2D eigenvalue weighted by Gasteiger charge is 2.48. The quantitative estimate of drug-likeness (QED) is 0.602. The fraction of sp³-hybridized carbons (Fsp3) is 0.750. The summed E-state index contributed by atoms with van der Waals surface area (Å²) in [6.07, 6.45) is 3.87. The fourth-order valence-corrected chi connectivity index (χ4v) is 3.04. The molecule has 0 unspecified atom stereocenters. The van der Waals surface area contributed by atoms with Crippen LogP contribution >= 0.6 is 34.8 Å². The predicted octanol–water partition coefficient (Wildman–Crippen LogP) is 4.62. The Morgan fingerprint density at radius 2 is 2.00 bits per heavy atom. The van der Waals surface area contributed by atoms with Crippen molar-refractivity contribution in [1.82, 2.24) is 4.90 Å². The Balaban J connectivity index is 2.89. The molecule has 0 aliphatic carbocycles. The monoisotopic (exact) mass is 383 g/mol. The van der Waals surface area contributed by atoms with Gasteiger partial charge >= 0.3 is 0 Å². The zero-order valence-electron chi connectivity index (χ0n) is 14.0. The standard InChI is InChI=1S/C16H24Cl3NO3/c1-11(2)6-5-7-13(21)20-14(22)10-12(23-4)15(20,3)8-9-16(17,18)19/h10-11H,5-9H2,1-4H3/t15-/m1/s1. The van der Waals surface area contributed by atoms with Crippen molar-refractivity contribution in [2.75, 3.05) is 7.11 Å². The van der Waals surface area contributed by atoms with Gasteiger partial charge in [0.15, 0.2) is 3.79 Å². The number of hydrogen-bond donors (Lipinski definition) is 0. The third-order valence-electron chi connectivity index (χ3n) is 4.04. The van der Waals surface area contributed by atoms with E-state index in [1.165, 1.54) is 18.1 Å². The van der Waals surface area contributed by atoms with Crippen molar-refractivity contribution >= 4 is 46.6 Å². The summed E-state index contributed by atoms with van der Waals surface area (Å²) in [7, 11) is 1.47. The molecular weight excluding hydrogens is 361 g/mol. The summed E-state index contributed by atoms with van der Waals surface area (Å²) in [5.74, 6) is 0.350. The molecule has 4 nitrogen and oxygen atoms in total. The highest BCUT2D eigenvalue weighted by Crippen LogP contribution is 2.41. The second-order valence-corrected chi connectivity index (χ2v) is 8.97. The lowest BCUT2D eigenvalue weighted by molar-refractivity contribution is -0.146. The molecule has 1 aliphatic heterocycles. The van der Waals surface area contributed by atoms with Crippen LogP contribution in [-0.2, 0) is 14.3 Å². The molecular formula is C16H24Cl3NO3. The van der Waals surface area contributed by atoms with E-state index in [0.29, 0.717) is 24.5 Å². The van der Waals surface area contributed by atoms with Crippen LogP contribution in [0.15, 0.2) is 11.8 Å². The molecule has 0 N–H and O–H groups in total. The van der Waals surface area contributed by atoms with Crippen LogP contribution in [0.1, 0.15) is 52.9 Å². The zero-order valence-corrected chi connectivity index (χ0v) is 16.3. The van der Waals surface area contributed by atoms with E-state index < -0.39 is 9.33 Å². The zero-order chi connectivity index (χ0) is 17.8. The van der Waals surface area contributed by atoms with E-state index in [2.05, 4.69) is 13.8 Å². The number of alkyl halides is 3. The third-order valence-corrected chi connectivity index (χ3v) is 4.60. The van der Waals surface area contributed by atoms with Crippen LogP contribution in [0.25, 0.3) is 0 Å². The first kappa shape index (κ1) is 20.6. The lowest BCUT2D eigenvalue weighted by Gasteiger charge is -2.36. The summed E-state index contributed by atoms with van der Waals surface area (Å²) in [5, 5.41) is 0.